The lowest BCUT2D eigenvalue weighted by atomic mass is 9.90. The first-order valence-electron chi connectivity index (χ1n) is 12.4. The lowest BCUT2D eigenvalue weighted by Gasteiger charge is -2.39. The fourth-order valence-electron chi connectivity index (χ4n) is 4.86. The van der Waals surface area contributed by atoms with Gasteiger partial charge in [0, 0.05) is 52.0 Å². The van der Waals surface area contributed by atoms with E-state index in [0.717, 1.165) is 55.1 Å². The first-order valence-corrected chi connectivity index (χ1v) is 12.4. The maximum atomic E-state index is 13.3. The van der Waals surface area contributed by atoms with Gasteiger partial charge in [-0.15, -0.1) is 0 Å². The molecular formula is C28H36N4O3. The zero-order chi connectivity index (χ0) is 24.9. The van der Waals surface area contributed by atoms with Gasteiger partial charge in [0.05, 0.1) is 18.2 Å². The van der Waals surface area contributed by atoms with Gasteiger partial charge < -0.3 is 10.1 Å². The van der Waals surface area contributed by atoms with E-state index in [1.807, 2.05) is 45.0 Å². The largest absolute Gasteiger partial charge is 0.463 e. The fourth-order valence-corrected chi connectivity index (χ4v) is 4.86. The summed E-state index contributed by atoms with van der Waals surface area (Å²) in [6.07, 6.45) is 0. The van der Waals surface area contributed by atoms with E-state index < -0.39 is 6.04 Å². The summed E-state index contributed by atoms with van der Waals surface area (Å²) in [6.45, 7) is 11.2. The lowest BCUT2D eigenvalue weighted by molar-refractivity contribution is -0.139. The molecule has 2 heterocycles. The molecule has 1 atom stereocenters. The average Bonchev–Trinajstić information content (AvgIpc) is 2.85. The Balaban J connectivity index is 1.58. The van der Waals surface area contributed by atoms with Gasteiger partial charge in [-0.2, -0.15) is 0 Å². The van der Waals surface area contributed by atoms with Crippen molar-refractivity contribution in [3.8, 4) is 0 Å². The van der Waals surface area contributed by atoms with Crippen LogP contribution in [0.4, 0.5) is 4.79 Å². The number of aryl methyl sites for hydroxylation is 2. The van der Waals surface area contributed by atoms with Crippen LogP contribution in [0.2, 0.25) is 0 Å². The maximum absolute atomic E-state index is 13.3. The molecule has 0 spiro atoms. The molecule has 1 fully saturated rings. The van der Waals surface area contributed by atoms with Crippen LogP contribution in [0.15, 0.2) is 59.8 Å². The second-order valence-electron chi connectivity index (χ2n) is 9.42. The molecule has 0 aliphatic carbocycles. The number of hydrogen-bond donors (Lipinski definition) is 1. The zero-order valence-electron chi connectivity index (χ0n) is 21.2. The molecule has 2 aromatic rings. The zero-order valence-corrected chi connectivity index (χ0v) is 21.2. The summed E-state index contributed by atoms with van der Waals surface area (Å²) < 4.78 is 5.49. The molecule has 1 N–H and O–H groups in total. The Labute approximate surface area is 208 Å². The molecule has 0 radical (unpaired) electrons. The topological polar surface area (TPSA) is 65.1 Å². The Morgan fingerprint density at radius 3 is 2.31 bits per heavy atom. The Morgan fingerprint density at radius 1 is 1.00 bits per heavy atom. The number of esters is 1. The van der Waals surface area contributed by atoms with Gasteiger partial charge in [0.1, 0.15) is 0 Å². The molecule has 2 amide bonds. The minimum atomic E-state index is -0.535. The van der Waals surface area contributed by atoms with Crippen LogP contribution in [0.5, 0.6) is 0 Å². The van der Waals surface area contributed by atoms with E-state index >= 15 is 0 Å². The van der Waals surface area contributed by atoms with E-state index in [9.17, 15) is 9.59 Å². The molecule has 0 saturated carbocycles. The van der Waals surface area contributed by atoms with Crippen molar-refractivity contribution >= 4 is 12.0 Å². The van der Waals surface area contributed by atoms with Crippen LogP contribution in [-0.4, -0.2) is 73.1 Å². The number of rotatable bonds is 7. The highest BCUT2D eigenvalue weighted by molar-refractivity contribution is 5.95. The van der Waals surface area contributed by atoms with Gasteiger partial charge in [-0.25, -0.2) is 9.59 Å². The van der Waals surface area contributed by atoms with Crippen molar-refractivity contribution in [2.24, 2.45) is 0 Å². The Hall–Kier alpha value is -3.16. The van der Waals surface area contributed by atoms with Crippen LogP contribution in [0.25, 0.3) is 0 Å². The predicted molar refractivity (Wildman–Crippen MR) is 137 cm³/mol. The van der Waals surface area contributed by atoms with Gasteiger partial charge in [-0.3, -0.25) is 14.7 Å². The Morgan fingerprint density at radius 2 is 1.66 bits per heavy atom. The van der Waals surface area contributed by atoms with Crippen molar-refractivity contribution in [2.75, 3.05) is 46.4 Å². The predicted octanol–water partition coefficient (Wildman–Crippen LogP) is 3.63. The number of nitrogens with one attached hydrogen (secondary N) is 1. The van der Waals surface area contributed by atoms with Crippen LogP contribution >= 0.6 is 0 Å². The quantitative estimate of drug-likeness (QED) is 0.619. The molecule has 0 aromatic heterocycles. The van der Waals surface area contributed by atoms with E-state index in [0.29, 0.717) is 12.1 Å². The Bertz CT molecular complexity index is 1090. The molecule has 7 heteroatoms. The number of likely N-dealkylation sites (N-methyl/N-ethyl adjacent to an activating group) is 1. The number of amides is 2. The third-order valence-corrected chi connectivity index (χ3v) is 6.91. The third kappa shape index (κ3) is 5.74. The molecule has 0 unspecified atom stereocenters. The summed E-state index contributed by atoms with van der Waals surface area (Å²) in [5.74, 6) is -0.372. The average molecular weight is 477 g/mol. The molecule has 2 aromatic carbocycles. The van der Waals surface area contributed by atoms with Crippen molar-refractivity contribution in [1.82, 2.24) is 20.0 Å². The number of piperazine rings is 1. The normalized spacial score (nSPS) is 19.6. The SMILES string of the molecule is CCOC(=O)C1=C(CN2CCN(Cc3ccccc3)CC2)N(C)C(=O)N[C@H]1c1cc(C)ccc1C. The summed E-state index contributed by atoms with van der Waals surface area (Å²) in [4.78, 5) is 32.6. The van der Waals surface area contributed by atoms with E-state index in [4.69, 9.17) is 4.74 Å². The van der Waals surface area contributed by atoms with Crippen LogP contribution in [0.3, 0.4) is 0 Å². The highest BCUT2D eigenvalue weighted by atomic mass is 16.5. The number of urea groups is 1. The molecule has 4 rings (SSSR count). The maximum Gasteiger partial charge on any atom is 0.338 e. The number of nitrogens with zero attached hydrogens (tertiary/aromatic N) is 3. The van der Waals surface area contributed by atoms with E-state index in [-0.39, 0.29) is 18.6 Å². The molecule has 2 aliphatic rings. The summed E-state index contributed by atoms with van der Waals surface area (Å²) in [7, 11) is 1.73. The highest BCUT2D eigenvalue weighted by Crippen LogP contribution is 2.33. The van der Waals surface area contributed by atoms with Crippen LogP contribution in [-0.2, 0) is 16.1 Å². The van der Waals surface area contributed by atoms with Crippen LogP contribution in [0.1, 0.15) is 35.2 Å². The van der Waals surface area contributed by atoms with Crippen LogP contribution in [0, 0.1) is 13.8 Å². The smallest absolute Gasteiger partial charge is 0.338 e. The minimum absolute atomic E-state index is 0.207. The number of benzene rings is 2. The van der Waals surface area contributed by atoms with Crippen molar-refractivity contribution in [3.63, 3.8) is 0 Å². The van der Waals surface area contributed by atoms with Gasteiger partial charge >= 0.3 is 12.0 Å². The third-order valence-electron chi connectivity index (χ3n) is 6.91. The first kappa shape index (κ1) is 24.9. The number of carbonyl (C=O) groups excluding carboxylic acids is 2. The minimum Gasteiger partial charge on any atom is -0.463 e. The van der Waals surface area contributed by atoms with E-state index in [1.165, 1.54) is 5.56 Å². The van der Waals surface area contributed by atoms with E-state index in [1.54, 1.807) is 11.9 Å². The second kappa shape index (κ2) is 11.1. The summed E-state index contributed by atoms with van der Waals surface area (Å²) in [5, 5.41) is 3.04. The van der Waals surface area contributed by atoms with Crippen molar-refractivity contribution in [2.45, 2.75) is 33.4 Å². The summed E-state index contributed by atoms with van der Waals surface area (Å²) in [5.41, 5.74) is 5.59. The molecule has 186 valence electrons. The van der Waals surface area contributed by atoms with Crippen molar-refractivity contribution in [1.29, 1.82) is 0 Å². The monoisotopic (exact) mass is 476 g/mol. The molecule has 35 heavy (non-hydrogen) atoms. The lowest BCUT2D eigenvalue weighted by Crippen LogP contribution is -2.52. The molecule has 0 bridgehead atoms. The number of hydrogen-bond acceptors (Lipinski definition) is 5. The van der Waals surface area contributed by atoms with Crippen molar-refractivity contribution < 1.29 is 14.3 Å². The fraction of sp³-hybridized carbons (Fsp3) is 0.429. The van der Waals surface area contributed by atoms with Gasteiger partial charge in [0.15, 0.2) is 0 Å². The molecule has 7 nitrogen and oxygen atoms in total. The molecule has 1 saturated heterocycles. The van der Waals surface area contributed by atoms with Gasteiger partial charge in [0.25, 0.3) is 0 Å². The Kier molecular flexibility index (Phi) is 7.88. The summed E-state index contributed by atoms with van der Waals surface area (Å²) >= 11 is 0. The first-order chi connectivity index (χ1) is 16.9. The van der Waals surface area contributed by atoms with Gasteiger partial charge in [-0.1, -0.05) is 54.1 Å². The molecule has 2 aliphatic heterocycles. The summed E-state index contributed by atoms with van der Waals surface area (Å²) in [6, 6.07) is 15.9. The number of ether oxygens (including phenoxy) is 1. The van der Waals surface area contributed by atoms with E-state index in [2.05, 4.69) is 39.4 Å². The highest BCUT2D eigenvalue weighted by Gasteiger charge is 2.38. The van der Waals surface area contributed by atoms with Crippen LogP contribution < -0.4 is 5.32 Å². The standard InChI is InChI=1S/C28H36N4O3/c1-5-35-27(33)25-24(19-32-15-13-31(14-16-32)18-22-9-7-6-8-10-22)30(4)28(34)29-26(25)23-17-20(2)11-12-21(23)3/h6-12,17,26H,5,13-16,18-19H2,1-4H3,(H,29,34)/t26-/m0/s1. The second-order valence-corrected chi connectivity index (χ2v) is 9.42. The van der Waals surface area contributed by atoms with Gasteiger partial charge in [0.2, 0.25) is 0 Å². The van der Waals surface area contributed by atoms with Gasteiger partial charge in [-0.05, 0) is 37.5 Å². The molecular weight excluding hydrogens is 440 g/mol. The van der Waals surface area contributed by atoms with Crippen molar-refractivity contribution in [3.05, 3.63) is 82.1 Å². The number of carbonyl (C=O) groups is 2.